The maximum absolute atomic E-state index is 10.9. The van der Waals surface area contributed by atoms with Gasteiger partial charge in [-0.15, -0.1) is 33.5 Å². The van der Waals surface area contributed by atoms with Crippen molar-refractivity contribution in [2.75, 3.05) is 12.4 Å². The second-order valence-corrected chi connectivity index (χ2v) is 7.76. The number of aryl methyl sites for hydroxylation is 1. The number of ether oxygens (including phenoxy) is 1. The summed E-state index contributed by atoms with van der Waals surface area (Å²) in [7, 11) is 1.54. The van der Waals surface area contributed by atoms with E-state index >= 15 is 0 Å². The lowest BCUT2D eigenvalue weighted by Gasteiger charge is -2.06. The van der Waals surface area contributed by atoms with Gasteiger partial charge >= 0.3 is 0 Å². The number of nitrogens with two attached hydrogens (primary N) is 1. The van der Waals surface area contributed by atoms with E-state index in [2.05, 4.69) is 72.7 Å². The number of hydrogen-bond acceptors (Lipinski definition) is 11. The van der Waals surface area contributed by atoms with Gasteiger partial charge in [0.2, 0.25) is 10.9 Å². The Bertz CT molecular complexity index is 928. The summed E-state index contributed by atoms with van der Waals surface area (Å²) < 4.78 is 5.05. The first-order valence-corrected chi connectivity index (χ1v) is 12.1. The number of carbonyl (C=O) groups is 1. The van der Waals surface area contributed by atoms with Gasteiger partial charge in [0.05, 0.1) is 13.7 Å². The lowest BCUT2D eigenvalue weighted by atomic mass is 10.2. The minimum atomic E-state index is -0.580. The number of allylic oxidation sites excluding steroid dienone is 3. The van der Waals surface area contributed by atoms with Crippen LogP contribution in [0.2, 0.25) is 0 Å². The molecule has 1 saturated carbocycles. The minimum absolute atomic E-state index is 0.188. The van der Waals surface area contributed by atoms with Crippen LogP contribution in [0.1, 0.15) is 46.8 Å². The number of aromatic nitrogens is 4. The number of anilines is 1. The van der Waals surface area contributed by atoms with E-state index in [0.29, 0.717) is 29.1 Å². The van der Waals surface area contributed by atoms with Crippen molar-refractivity contribution in [1.82, 2.24) is 20.2 Å². The summed E-state index contributed by atoms with van der Waals surface area (Å²) in [5.41, 5.74) is 6.28. The zero-order valence-corrected chi connectivity index (χ0v) is 21.0. The van der Waals surface area contributed by atoms with Gasteiger partial charge in [-0.3, -0.25) is 9.79 Å². The molecule has 0 aliphatic heterocycles. The molecule has 0 unspecified atom stereocenters. The van der Waals surface area contributed by atoms with Crippen molar-refractivity contribution in [2.45, 2.75) is 39.7 Å². The van der Waals surface area contributed by atoms with E-state index in [1.165, 1.54) is 31.9 Å². The highest BCUT2D eigenvalue weighted by atomic mass is 33.1. The van der Waals surface area contributed by atoms with Crippen LogP contribution in [-0.2, 0) is 6.54 Å². The standard InChI is InChI=1S/C10H12N6O2S.C10H15N.H2S2/c1-5-13-6(3-7(14-5)18-2)12-4-8-15-16-10(19-8)9(11)17;1-9(8-11-2)4-3-5-10-6-7-10;1-2/h3H,4H2,1-2H3,(H2,11,17)(H,12,13,14);3-4,8,10H,2,5-7H2,1H3;1-2H/b;4-3-,9-8-;. The fourth-order valence-corrected chi connectivity index (χ4v) is 2.94. The number of hydrogen-bond donors (Lipinski definition) is 4. The molecule has 2 aromatic heterocycles. The van der Waals surface area contributed by atoms with Crippen molar-refractivity contribution in [3.05, 3.63) is 45.8 Å². The van der Waals surface area contributed by atoms with E-state index in [9.17, 15) is 4.79 Å². The Hall–Kier alpha value is -2.44. The molecular formula is C20H29N7O2S3. The van der Waals surface area contributed by atoms with Crippen molar-refractivity contribution >= 4 is 53.1 Å². The molecule has 9 nitrogen and oxygen atoms in total. The molecule has 1 amide bonds. The summed E-state index contributed by atoms with van der Waals surface area (Å²) in [5, 5.41) is 11.4. The van der Waals surface area contributed by atoms with Gasteiger partial charge in [-0.05, 0) is 51.3 Å². The molecule has 1 fully saturated rings. The van der Waals surface area contributed by atoms with Gasteiger partial charge in [0, 0.05) is 12.3 Å². The number of thiol groups is 2. The van der Waals surface area contributed by atoms with E-state index < -0.39 is 5.91 Å². The predicted molar refractivity (Wildman–Crippen MR) is 137 cm³/mol. The Kier molecular flexibility index (Phi) is 13.3. The number of amides is 1. The van der Waals surface area contributed by atoms with E-state index in [4.69, 9.17) is 10.5 Å². The lowest BCUT2D eigenvalue weighted by Crippen LogP contribution is -2.10. The minimum Gasteiger partial charge on any atom is -0.481 e. The number of primary amides is 1. The quantitative estimate of drug-likeness (QED) is 0.179. The molecule has 2 aromatic rings. The molecule has 0 aromatic carbocycles. The molecule has 3 rings (SSSR count). The normalized spacial score (nSPS) is 12.8. The molecule has 0 bridgehead atoms. The number of aliphatic imine (C=N–C) groups is 1. The van der Waals surface area contributed by atoms with Crippen LogP contribution in [-0.4, -0.2) is 39.9 Å². The molecule has 32 heavy (non-hydrogen) atoms. The first kappa shape index (κ1) is 27.6. The van der Waals surface area contributed by atoms with Crippen LogP contribution in [0.15, 0.2) is 35.0 Å². The first-order chi connectivity index (χ1) is 15.4. The second-order valence-electron chi connectivity index (χ2n) is 6.70. The van der Waals surface area contributed by atoms with Gasteiger partial charge in [0.25, 0.3) is 5.91 Å². The molecule has 1 aliphatic rings. The maximum atomic E-state index is 10.9. The third-order valence-corrected chi connectivity index (χ3v) is 4.90. The van der Waals surface area contributed by atoms with Crippen LogP contribution in [0.4, 0.5) is 5.82 Å². The summed E-state index contributed by atoms with van der Waals surface area (Å²) in [6, 6.07) is 1.67. The fourth-order valence-electron chi connectivity index (χ4n) is 2.31. The van der Waals surface area contributed by atoms with Crippen LogP contribution < -0.4 is 15.8 Å². The van der Waals surface area contributed by atoms with Crippen molar-refractivity contribution in [3.63, 3.8) is 0 Å². The van der Waals surface area contributed by atoms with Gasteiger partial charge in [0.15, 0.2) is 0 Å². The molecular weight excluding hydrogens is 466 g/mol. The molecule has 0 radical (unpaired) electrons. The first-order valence-electron chi connectivity index (χ1n) is 9.66. The van der Waals surface area contributed by atoms with Gasteiger partial charge in [-0.25, -0.2) is 4.98 Å². The van der Waals surface area contributed by atoms with E-state index in [-0.39, 0.29) is 5.01 Å². The second kappa shape index (κ2) is 15.4. The van der Waals surface area contributed by atoms with Crippen LogP contribution in [0.5, 0.6) is 5.88 Å². The van der Waals surface area contributed by atoms with E-state index in [1.807, 2.05) is 6.92 Å². The third kappa shape index (κ3) is 11.3. The third-order valence-electron chi connectivity index (χ3n) is 3.96. The molecule has 0 saturated heterocycles. The number of methoxy groups -OCH3 is 1. The topological polar surface area (TPSA) is 128 Å². The van der Waals surface area contributed by atoms with Crippen molar-refractivity contribution in [2.24, 2.45) is 16.6 Å². The SMILES string of the molecule is C=N/C=C(C)\C=C/CC1CC1.COc1cc(NCc2nnc(C(N)=O)s2)nc(C)n1.SS. The Morgan fingerprint density at radius 1 is 1.41 bits per heavy atom. The average molecular weight is 496 g/mol. The summed E-state index contributed by atoms with van der Waals surface area (Å²) in [6.45, 7) is 7.60. The summed E-state index contributed by atoms with van der Waals surface area (Å²) in [4.78, 5) is 22.9. The molecule has 0 atom stereocenters. The summed E-state index contributed by atoms with van der Waals surface area (Å²) in [6.07, 6.45) is 10.2. The molecule has 2 heterocycles. The van der Waals surface area contributed by atoms with Crippen LogP contribution in [0.25, 0.3) is 0 Å². The van der Waals surface area contributed by atoms with Crippen molar-refractivity contribution < 1.29 is 9.53 Å². The van der Waals surface area contributed by atoms with E-state index in [0.717, 1.165) is 17.3 Å². The van der Waals surface area contributed by atoms with Crippen molar-refractivity contribution in [3.8, 4) is 5.88 Å². The highest BCUT2D eigenvalue weighted by Gasteiger charge is 2.18. The Morgan fingerprint density at radius 3 is 2.69 bits per heavy atom. The van der Waals surface area contributed by atoms with Gasteiger partial charge in [-0.1, -0.05) is 23.5 Å². The smallest absolute Gasteiger partial charge is 0.279 e. The maximum Gasteiger partial charge on any atom is 0.279 e. The fraction of sp³-hybridized carbons (Fsp3) is 0.400. The van der Waals surface area contributed by atoms with Gasteiger partial charge < -0.3 is 15.8 Å². The van der Waals surface area contributed by atoms with E-state index in [1.54, 1.807) is 19.2 Å². The van der Waals surface area contributed by atoms with Crippen LogP contribution >= 0.6 is 34.7 Å². The van der Waals surface area contributed by atoms with Gasteiger partial charge in [0.1, 0.15) is 16.6 Å². The molecule has 1 aliphatic carbocycles. The molecule has 174 valence electrons. The Balaban J connectivity index is 0.000000335. The zero-order chi connectivity index (χ0) is 23.9. The monoisotopic (exact) mass is 495 g/mol. The average Bonchev–Trinajstić information content (AvgIpc) is 3.47. The number of carbonyl (C=O) groups excluding carboxylic acids is 1. The zero-order valence-electron chi connectivity index (χ0n) is 18.4. The largest absolute Gasteiger partial charge is 0.481 e. The highest BCUT2D eigenvalue weighted by molar-refractivity contribution is 8.59. The number of rotatable bonds is 9. The van der Waals surface area contributed by atoms with Crippen LogP contribution in [0, 0.1) is 12.8 Å². The Morgan fingerprint density at radius 2 is 2.12 bits per heavy atom. The summed E-state index contributed by atoms with van der Waals surface area (Å²) in [5.74, 6) is 2.08. The Labute approximate surface area is 202 Å². The lowest BCUT2D eigenvalue weighted by molar-refractivity contribution is 0.0999. The highest BCUT2D eigenvalue weighted by Crippen LogP contribution is 2.32. The van der Waals surface area contributed by atoms with Crippen molar-refractivity contribution in [1.29, 1.82) is 0 Å². The predicted octanol–water partition coefficient (Wildman–Crippen LogP) is 4.06. The number of nitrogens with one attached hydrogen (secondary N) is 1. The molecule has 12 heteroatoms. The molecule has 3 N–H and O–H groups in total. The molecule has 0 spiro atoms. The van der Waals surface area contributed by atoms with Crippen LogP contribution in [0.3, 0.4) is 0 Å². The number of nitrogens with zero attached hydrogens (tertiary/aromatic N) is 5. The summed E-state index contributed by atoms with van der Waals surface area (Å²) >= 11 is 7.58. The van der Waals surface area contributed by atoms with Gasteiger partial charge in [-0.2, -0.15) is 4.98 Å².